The van der Waals surface area contributed by atoms with Crippen LogP contribution in [0, 0.1) is 5.92 Å². The molecule has 1 fully saturated rings. The molecule has 0 amide bonds. The van der Waals surface area contributed by atoms with Crippen LogP contribution in [0.5, 0.6) is 0 Å². The minimum Gasteiger partial charge on any atom is -0.469 e. The molecule has 1 aliphatic rings. The number of carbonyl (C=O) groups excluding carboxylic acids is 1. The number of hydrogen-bond donors (Lipinski definition) is 0. The molecule has 100 valence electrons. The van der Waals surface area contributed by atoms with Crippen LogP contribution in [0.25, 0.3) is 0 Å². The molecule has 0 bridgehead atoms. The third kappa shape index (κ3) is 5.61. The summed E-state index contributed by atoms with van der Waals surface area (Å²) in [6.45, 7) is 5.88. The van der Waals surface area contributed by atoms with Gasteiger partial charge >= 0.3 is 5.97 Å². The molecule has 0 aliphatic carbocycles. The molecule has 0 aromatic rings. The Morgan fingerprint density at radius 3 is 2.71 bits per heavy atom. The molecule has 0 spiro atoms. The quantitative estimate of drug-likeness (QED) is 0.625. The fourth-order valence-electron chi connectivity index (χ4n) is 1.69. The van der Waals surface area contributed by atoms with Crippen LogP contribution in [0.3, 0.4) is 0 Å². The second-order valence-corrected chi connectivity index (χ2v) is 5.81. The maximum atomic E-state index is 11.8. The van der Waals surface area contributed by atoms with Gasteiger partial charge in [0.25, 0.3) is 0 Å². The van der Waals surface area contributed by atoms with Gasteiger partial charge in [-0.25, -0.2) is 0 Å². The summed E-state index contributed by atoms with van der Waals surface area (Å²) >= 11 is 0. The summed E-state index contributed by atoms with van der Waals surface area (Å²) in [5.41, 5.74) is 0. The number of morpholine rings is 1. The van der Waals surface area contributed by atoms with Crippen LogP contribution >= 0.6 is 0 Å². The van der Waals surface area contributed by atoms with Crippen molar-refractivity contribution in [1.82, 2.24) is 4.90 Å². The highest BCUT2D eigenvalue weighted by molar-refractivity contribution is 7.85. The smallest absolute Gasteiger partial charge is 0.309 e. The lowest BCUT2D eigenvalue weighted by molar-refractivity contribution is -0.144. The van der Waals surface area contributed by atoms with Gasteiger partial charge in [-0.2, -0.15) is 0 Å². The second-order valence-electron chi connectivity index (χ2n) is 4.19. The molecular weight excluding hydrogens is 242 g/mol. The van der Waals surface area contributed by atoms with Crippen LogP contribution in [0.15, 0.2) is 0 Å². The normalized spacial score (nSPS) is 20.8. The van der Waals surface area contributed by atoms with Crippen LogP contribution < -0.4 is 0 Å². The maximum Gasteiger partial charge on any atom is 0.309 e. The first-order valence-electron chi connectivity index (χ1n) is 5.86. The van der Waals surface area contributed by atoms with Crippen LogP contribution in [0.4, 0.5) is 0 Å². The SMILES string of the molecule is COC(=O)C(C)CS(=O)CCN1CCOCC1. The molecule has 17 heavy (non-hydrogen) atoms. The average Bonchev–Trinajstić information content (AvgIpc) is 2.36. The fourth-order valence-corrected chi connectivity index (χ4v) is 3.01. The first kappa shape index (κ1) is 14.6. The molecule has 1 saturated heterocycles. The predicted octanol–water partition coefficient (Wildman–Crippen LogP) is -0.124. The first-order valence-corrected chi connectivity index (χ1v) is 7.35. The van der Waals surface area contributed by atoms with Crippen molar-refractivity contribution in [2.45, 2.75) is 6.92 Å². The number of nitrogens with zero attached hydrogens (tertiary/aromatic N) is 1. The molecule has 1 rings (SSSR count). The van der Waals surface area contributed by atoms with Crippen LogP contribution in [-0.2, 0) is 25.1 Å². The number of rotatable bonds is 6. The van der Waals surface area contributed by atoms with E-state index in [2.05, 4.69) is 9.64 Å². The largest absolute Gasteiger partial charge is 0.469 e. The van der Waals surface area contributed by atoms with E-state index < -0.39 is 10.8 Å². The van der Waals surface area contributed by atoms with Crippen molar-refractivity contribution in [3.8, 4) is 0 Å². The first-order chi connectivity index (χ1) is 8.13. The Morgan fingerprint density at radius 2 is 2.12 bits per heavy atom. The Morgan fingerprint density at radius 1 is 1.47 bits per heavy atom. The fraction of sp³-hybridized carbons (Fsp3) is 0.909. The zero-order chi connectivity index (χ0) is 12.7. The van der Waals surface area contributed by atoms with E-state index in [0.717, 1.165) is 32.8 Å². The van der Waals surface area contributed by atoms with E-state index in [4.69, 9.17) is 4.74 Å². The maximum absolute atomic E-state index is 11.8. The highest BCUT2D eigenvalue weighted by Gasteiger charge is 2.17. The number of esters is 1. The number of carbonyl (C=O) groups is 1. The van der Waals surface area contributed by atoms with E-state index in [9.17, 15) is 9.00 Å². The Kier molecular flexibility index (Phi) is 6.69. The number of methoxy groups -OCH3 is 1. The van der Waals surface area contributed by atoms with Gasteiger partial charge in [0, 0.05) is 41.9 Å². The summed E-state index contributed by atoms with van der Waals surface area (Å²) in [4.78, 5) is 13.4. The molecule has 2 unspecified atom stereocenters. The summed E-state index contributed by atoms with van der Waals surface area (Å²) in [6, 6.07) is 0. The monoisotopic (exact) mass is 263 g/mol. The van der Waals surface area contributed by atoms with Gasteiger partial charge in [-0.15, -0.1) is 0 Å². The number of ether oxygens (including phenoxy) is 2. The Bertz CT molecular complexity index is 266. The third-order valence-corrected chi connectivity index (χ3v) is 4.29. The Labute approximate surface area is 105 Å². The van der Waals surface area contributed by atoms with Crippen molar-refractivity contribution in [2.75, 3.05) is 51.5 Å². The third-order valence-electron chi connectivity index (χ3n) is 2.78. The molecule has 0 aromatic heterocycles. The highest BCUT2D eigenvalue weighted by atomic mass is 32.2. The minimum atomic E-state index is -0.957. The highest BCUT2D eigenvalue weighted by Crippen LogP contribution is 2.02. The Balaban J connectivity index is 2.18. The molecular formula is C11H21NO4S. The zero-order valence-corrected chi connectivity index (χ0v) is 11.3. The van der Waals surface area contributed by atoms with Crippen molar-refractivity contribution < 1.29 is 18.5 Å². The summed E-state index contributed by atoms with van der Waals surface area (Å²) in [5.74, 6) is 0.425. The van der Waals surface area contributed by atoms with Crippen LogP contribution in [-0.4, -0.2) is 66.5 Å². The van der Waals surface area contributed by atoms with E-state index in [1.807, 2.05) is 0 Å². The van der Waals surface area contributed by atoms with Crippen LogP contribution in [0.1, 0.15) is 6.92 Å². The van der Waals surface area contributed by atoms with Gasteiger partial charge in [0.2, 0.25) is 0 Å². The molecule has 0 radical (unpaired) electrons. The van der Waals surface area contributed by atoms with Crippen molar-refractivity contribution in [1.29, 1.82) is 0 Å². The molecule has 1 aliphatic heterocycles. The van der Waals surface area contributed by atoms with Crippen molar-refractivity contribution in [2.24, 2.45) is 5.92 Å². The predicted molar refractivity (Wildman–Crippen MR) is 66.3 cm³/mol. The van der Waals surface area contributed by atoms with E-state index in [-0.39, 0.29) is 11.9 Å². The van der Waals surface area contributed by atoms with Gasteiger partial charge in [-0.05, 0) is 0 Å². The molecule has 0 N–H and O–H groups in total. The standard InChI is InChI=1S/C11H21NO4S/c1-10(11(13)15-2)9-17(14)8-5-12-3-6-16-7-4-12/h10H,3-9H2,1-2H3. The van der Waals surface area contributed by atoms with Crippen molar-refractivity contribution in [3.05, 3.63) is 0 Å². The average molecular weight is 263 g/mol. The molecule has 6 heteroatoms. The lowest BCUT2D eigenvalue weighted by Gasteiger charge is -2.26. The molecule has 2 atom stereocenters. The van der Waals surface area contributed by atoms with Crippen molar-refractivity contribution >= 4 is 16.8 Å². The lowest BCUT2D eigenvalue weighted by Crippen LogP contribution is -2.39. The lowest BCUT2D eigenvalue weighted by atomic mass is 10.2. The topological polar surface area (TPSA) is 55.8 Å². The minimum absolute atomic E-state index is 0.287. The van der Waals surface area contributed by atoms with E-state index >= 15 is 0 Å². The Hall–Kier alpha value is -0.460. The summed E-state index contributed by atoms with van der Waals surface area (Å²) in [6.07, 6.45) is 0. The van der Waals surface area contributed by atoms with Gasteiger partial charge in [0.05, 0.1) is 26.2 Å². The zero-order valence-electron chi connectivity index (χ0n) is 10.5. The van der Waals surface area contributed by atoms with E-state index in [1.165, 1.54) is 7.11 Å². The van der Waals surface area contributed by atoms with Gasteiger partial charge in [0.1, 0.15) is 0 Å². The molecule has 0 aromatic carbocycles. The van der Waals surface area contributed by atoms with Gasteiger partial charge in [-0.3, -0.25) is 13.9 Å². The summed E-state index contributed by atoms with van der Waals surface area (Å²) < 4.78 is 21.6. The van der Waals surface area contributed by atoms with Crippen LogP contribution in [0.2, 0.25) is 0 Å². The van der Waals surface area contributed by atoms with E-state index in [0.29, 0.717) is 11.5 Å². The molecule has 5 nitrogen and oxygen atoms in total. The molecule has 0 saturated carbocycles. The van der Waals surface area contributed by atoms with Crippen molar-refractivity contribution in [3.63, 3.8) is 0 Å². The second kappa shape index (κ2) is 7.79. The number of hydrogen-bond acceptors (Lipinski definition) is 5. The summed E-state index contributed by atoms with van der Waals surface area (Å²) in [5, 5.41) is 0. The molecule has 1 heterocycles. The van der Waals surface area contributed by atoms with Gasteiger partial charge < -0.3 is 9.47 Å². The van der Waals surface area contributed by atoms with E-state index in [1.54, 1.807) is 6.92 Å². The van der Waals surface area contributed by atoms with Gasteiger partial charge in [-0.1, -0.05) is 6.92 Å². The summed E-state index contributed by atoms with van der Waals surface area (Å²) in [7, 11) is 0.399. The van der Waals surface area contributed by atoms with Gasteiger partial charge in [0.15, 0.2) is 0 Å².